The molecule has 0 atom stereocenters. The van der Waals surface area contributed by atoms with E-state index in [1.807, 2.05) is 13.0 Å². The van der Waals surface area contributed by atoms with E-state index >= 15 is 0 Å². The molecule has 0 spiro atoms. The maximum Gasteiger partial charge on any atom is 0.336 e. The van der Waals surface area contributed by atoms with Crippen molar-refractivity contribution in [3.05, 3.63) is 28.8 Å². The van der Waals surface area contributed by atoms with Crippen LogP contribution in [0.5, 0.6) is 0 Å². The molecule has 2 rings (SSSR count). The monoisotopic (exact) mass is 246 g/mol. The summed E-state index contributed by atoms with van der Waals surface area (Å²) in [6, 6.07) is 3.62. The molecule has 0 aliphatic rings. The molecule has 0 aliphatic heterocycles. The summed E-state index contributed by atoms with van der Waals surface area (Å²) in [5, 5.41) is 13.5. The Bertz CT molecular complexity index is 612. The number of aryl methyl sites for hydroxylation is 3. The third-order valence-electron chi connectivity index (χ3n) is 2.86. The second kappa shape index (κ2) is 4.14. The maximum atomic E-state index is 11.4. The molecule has 94 valence electrons. The third-order valence-corrected chi connectivity index (χ3v) is 2.86. The van der Waals surface area contributed by atoms with E-state index in [1.54, 1.807) is 20.0 Å². The van der Waals surface area contributed by atoms with Gasteiger partial charge in [-0.1, -0.05) is 12.1 Å². The van der Waals surface area contributed by atoms with Gasteiger partial charge in [0.2, 0.25) is 5.95 Å². The summed E-state index contributed by atoms with van der Waals surface area (Å²) in [5.41, 5.74) is 7.86. The van der Waals surface area contributed by atoms with E-state index in [-0.39, 0.29) is 11.5 Å². The van der Waals surface area contributed by atoms with E-state index in [0.29, 0.717) is 17.0 Å². The van der Waals surface area contributed by atoms with Crippen molar-refractivity contribution >= 4 is 11.9 Å². The molecule has 3 N–H and O–H groups in total. The third kappa shape index (κ3) is 1.81. The van der Waals surface area contributed by atoms with Crippen molar-refractivity contribution in [2.45, 2.75) is 13.8 Å². The second-order valence-electron chi connectivity index (χ2n) is 4.17. The normalized spacial score (nSPS) is 10.6. The van der Waals surface area contributed by atoms with Crippen LogP contribution < -0.4 is 5.73 Å². The van der Waals surface area contributed by atoms with Crippen molar-refractivity contribution in [3.63, 3.8) is 0 Å². The lowest BCUT2D eigenvalue weighted by molar-refractivity contribution is 0.0697. The van der Waals surface area contributed by atoms with Crippen LogP contribution in [0.1, 0.15) is 21.5 Å². The Labute approximate surface area is 104 Å². The Balaban J connectivity index is 2.77. The number of benzene rings is 1. The first kappa shape index (κ1) is 12.1. The number of carboxylic acids is 1. The standard InChI is InChI=1S/C12H14N4O2/c1-6-4-5-7(2)9(11(17)18)8(6)10-14-12(13)16(3)15-10/h4-5H,1-3H3,(H,17,18)(H2,13,14,15). The number of aromatic carboxylic acids is 1. The first-order chi connectivity index (χ1) is 8.41. The molecule has 18 heavy (non-hydrogen) atoms. The zero-order valence-corrected chi connectivity index (χ0v) is 10.4. The number of anilines is 1. The molecule has 2 aromatic rings. The van der Waals surface area contributed by atoms with Crippen LogP contribution in [-0.4, -0.2) is 25.8 Å². The molecule has 0 unspecified atom stereocenters. The summed E-state index contributed by atoms with van der Waals surface area (Å²) in [5.74, 6) is -0.395. The van der Waals surface area contributed by atoms with Crippen molar-refractivity contribution in [3.8, 4) is 11.4 Å². The zero-order chi connectivity index (χ0) is 13.4. The molecule has 0 saturated carbocycles. The number of nitrogens with two attached hydrogens (primary N) is 1. The number of hydrogen-bond donors (Lipinski definition) is 2. The highest BCUT2D eigenvalue weighted by Gasteiger charge is 2.20. The van der Waals surface area contributed by atoms with Crippen LogP contribution >= 0.6 is 0 Å². The average Bonchev–Trinajstić information content (AvgIpc) is 2.61. The molecule has 6 heteroatoms. The number of nitrogen functional groups attached to an aromatic ring is 1. The topological polar surface area (TPSA) is 94.0 Å². The average molecular weight is 246 g/mol. The van der Waals surface area contributed by atoms with Crippen molar-refractivity contribution in [1.82, 2.24) is 14.8 Å². The van der Waals surface area contributed by atoms with E-state index in [9.17, 15) is 9.90 Å². The second-order valence-corrected chi connectivity index (χ2v) is 4.17. The van der Waals surface area contributed by atoms with Crippen LogP contribution in [0.4, 0.5) is 5.95 Å². The fourth-order valence-electron chi connectivity index (χ4n) is 1.88. The predicted octanol–water partition coefficient (Wildman–Crippen LogP) is 1.38. The highest BCUT2D eigenvalue weighted by atomic mass is 16.4. The summed E-state index contributed by atoms with van der Waals surface area (Å²) in [6.07, 6.45) is 0. The van der Waals surface area contributed by atoms with Gasteiger partial charge in [0.05, 0.1) is 5.56 Å². The number of aromatic nitrogens is 3. The molecular formula is C12H14N4O2. The number of nitrogens with zero attached hydrogens (tertiary/aromatic N) is 3. The Hall–Kier alpha value is -2.37. The minimum atomic E-state index is -0.989. The molecule has 0 amide bonds. The smallest absolute Gasteiger partial charge is 0.336 e. The molecule has 0 fully saturated rings. The Morgan fingerprint density at radius 1 is 1.33 bits per heavy atom. The predicted molar refractivity (Wildman–Crippen MR) is 67.3 cm³/mol. The molecular weight excluding hydrogens is 232 g/mol. The van der Waals surface area contributed by atoms with Gasteiger partial charge in [-0.15, -0.1) is 5.10 Å². The largest absolute Gasteiger partial charge is 0.478 e. The van der Waals surface area contributed by atoms with Gasteiger partial charge in [0.1, 0.15) is 0 Å². The van der Waals surface area contributed by atoms with Gasteiger partial charge in [-0.25, -0.2) is 9.48 Å². The molecule has 1 aromatic heterocycles. The van der Waals surface area contributed by atoms with Crippen molar-refractivity contribution < 1.29 is 9.90 Å². The zero-order valence-electron chi connectivity index (χ0n) is 10.4. The number of carbonyl (C=O) groups is 1. The molecule has 1 aromatic carbocycles. The first-order valence-corrected chi connectivity index (χ1v) is 5.42. The van der Waals surface area contributed by atoms with Crippen LogP contribution in [0, 0.1) is 13.8 Å². The fraction of sp³-hybridized carbons (Fsp3) is 0.250. The molecule has 6 nitrogen and oxygen atoms in total. The quantitative estimate of drug-likeness (QED) is 0.834. The van der Waals surface area contributed by atoms with Crippen LogP contribution in [0.15, 0.2) is 12.1 Å². The van der Waals surface area contributed by atoms with Gasteiger partial charge >= 0.3 is 5.97 Å². The van der Waals surface area contributed by atoms with E-state index < -0.39 is 5.97 Å². The minimum Gasteiger partial charge on any atom is -0.478 e. The van der Waals surface area contributed by atoms with E-state index in [4.69, 9.17) is 5.73 Å². The summed E-state index contributed by atoms with van der Waals surface area (Å²) >= 11 is 0. The minimum absolute atomic E-state index is 0.223. The summed E-state index contributed by atoms with van der Waals surface area (Å²) in [7, 11) is 1.66. The van der Waals surface area contributed by atoms with Crippen molar-refractivity contribution in [1.29, 1.82) is 0 Å². The van der Waals surface area contributed by atoms with Crippen LogP contribution in [0.2, 0.25) is 0 Å². The van der Waals surface area contributed by atoms with E-state index in [2.05, 4.69) is 10.1 Å². The highest BCUT2D eigenvalue weighted by Crippen LogP contribution is 2.28. The summed E-state index contributed by atoms with van der Waals surface area (Å²) in [6.45, 7) is 3.58. The Morgan fingerprint density at radius 3 is 2.44 bits per heavy atom. The fourth-order valence-corrected chi connectivity index (χ4v) is 1.88. The van der Waals surface area contributed by atoms with Crippen molar-refractivity contribution in [2.75, 3.05) is 5.73 Å². The Kier molecular flexibility index (Phi) is 2.78. The summed E-state index contributed by atoms with van der Waals surface area (Å²) in [4.78, 5) is 15.5. The lowest BCUT2D eigenvalue weighted by Crippen LogP contribution is -2.05. The SMILES string of the molecule is Cc1ccc(C)c(-c2nc(N)n(C)n2)c1C(=O)O. The van der Waals surface area contributed by atoms with Gasteiger partial charge in [0.25, 0.3) is 0 Å². The number of carboxylic acid groups (broad SMARTS) is 1. The molecule has 0 bridgehead atoms. The van der Waals surface area contributed by atoms with Gasteiger partial charge in [0.15, 0.2) is 5.82 Å². The molecule has 0 saturated heterocycles. The maximum absolute atomic E-state index is 11.4. The number of hydrogen-bond acceptors (Lipinski definition) is 4. The Morgan fingerprint density at radius 2 is 1.94 bits per heavy atom. The molecule has 0 aliphatic carbocycles. The van der Waals surface area contributed by atoms with Gasteiger partial charge < -0.3 is 10.8 Å². The molecule has 0 radical (unpaired) electrons. The lowest BCUT2D eigenvalue weighted by Gasteiger charge is -2.09. The first-order valence-electron chi connectivity index (χ1n) is 5.42. The van der Waals surface area contributed by atoms with Crippen molar-refractivity contribution in [2.24, 2.45) is 7.05 Å². The highest BCUT2D eigenvalue weighted by molar-refractivity contribution is 5.97. The van der Waals surface area contributed by atoms with E-state index in [0.717, 1.165) is 5.56 Å². The lowest BCUT2D eigenvalue weighted by atomic mass is 9.97. The summed E-state index contributed by atoms with van der Waals surface area (Å²) < 4.78 is 1.42. The van der Waals surface area contributed by atoms with Gasteiger partial charge in [-0.3, -0.25) is 0 Å². The van der Waals surface area contributed by atoms with Crippen LogP contribution in [-0.2, 0) is 7.05 Å². The van der Waals surface area contributed by atoms with Gasteiger partial charge in [0, 0.05) is 12.6 Å². The molecule has 1 heterocycles. The van der Waals surface area contributed by atoms with Crippen LogP contribution in [0.3, 0.4) is 0 Å². The van der Waals surface area contributed by atoms with Gasteiger partial charge in [-0.2, -0.15) is 4.98 Å². The van der Waals surface area contributed by atoms with E-state index in [1.165, 1.54) is 4.68 Å². The number of rotatable bonds is 2. The van der Waals surface area contributed by atoms with Crippen LogP contribution in [0.25, 0.3) is 11.4 Å². The van der Waals surface area contributed by atoms with Gasteiger partial charge in [-0.05, 0) is 25.0 Å².